The van der Waals surface area contributed by atoms with Gasteiger partial charge in [-0.15, -0.1) is 34.4 Å². The van der Waals surface area contributed by atoms with E-state index >= 15 is 0 Å². The highest BCUT2D eigenvalue weighted by molar-refractivity contribution is 8.00. The van der Waals surface area contributed by atoms with Gasteiger partial charge in [-0.05, 0) is 29.3 Å². The van der Waals surface area contributed by atoms with Crippen molar-refractivity contribution in [3.63, 3.8) is 0 Å². The SMILES string of the molecule is O=C(CCc1cccs1)CSCC(=O)NCc1cccs1. The number of hydrogen-bond acceptors (Lipinski definition) is 5. The minimum Gasteiger partial charge on any atom is -0.350 e. The number of ketones is 1. The summed E-state index contributed by atoms with van der Waals surface area (Å²) < 4.78 is 0. The van der Waals surface area contributed by atoms with Crippen molar-refractivity contribution in [2.45, 2.75) is 19.4 Å². The Labute approximate surface area is 136 Å². The highest BCUT2D eigenvalue weighted by Crippen LogP contribution is 2.12. The molecule has 0 atom stereocenters. The maximum absolute atomic E-state index is 11.7. The molecule has 6 heteroatoms. The summed E-state index contributed by atoms with van der Waals surface area (Å²) in [5.41, 5.74) is 0. The molecule has 2 aromatic rings. The summed E-state index contributed by atoms with van der Waals surface area (Å²) in [4.78, 5) is 25.7. The number of amides is 1. The topological polar surface area (TPSA) is 46.2 Å². The summed E-state index contributed by atoms with van der Waals surface area (Å²) >= 11 is 4.69. The summed E-state index contributed by atoms with van der Waals surface area (Å²) in [6.07, 6.45) is 1.37. The zero-order valence-electron chi connectivity index (χ0n) is 11.5. The van der Waals surface area contributed by atoms with E-state index in [-0.39, 0.29) is 11.7 Å². The molecule has 0 aliphatic heterocycles. The Bertz CT molecular complexity index is 499. The standard InChI is InChI=1S/C15H17NO2S3/c17-12(5-6-13-3-1-7-20-13)10-19-11-15(18)16-9-14-4-2-8-21-14/h1-4,7-8H,5-6,9-11H2,(H,16,18). The fourth-order valence-electron chi connectivity index (χ4n) is 1.70. The van der Waals surface area contributed by atoms with E-state index < -0.39 is 0 Å². The number of thioether (sulfide) groups is 1. The van der Waals surface area contributed by atoms with Crippen LogP contribution in [0.25, 0.3) is 0 Å². The van der Waals surface area contributed by atoms with E-state index in [1.165, 1.54) is 16.6 Å². The first-order chi connectivity index (χ1) is 10.2. The first kappa shape index (κ1) is 16.3. The van der Waals surface area contributed by atoms with Crippen LogP contribution in [0.1, 0.15) is 16.2 Å². The number of nitrogens with one attached hydrogen (secondary N) is 1. The van der Waals surface area contributed by atoms with E-state index in [0.717, 1.165) is 11.3 Å². The van der Waals surface area contributed by atoms with Crippen LogP contribution < -0.4 is 5.32 Å². The van der Waals surface area contributed by atoms with E-state index in [0.29, 0.717) is 24.5 Å². The number of Topliss-reactive ketones (excluding diaryl/α,β-unsaturated/α-hetero) is 1. The molecule has 112 valence electrons. The van der Waals surface area contributed by atoms with E-state index in [1.54, 1.807) is 22.7 Å². The van der Waals surface area contributed by atoms with E-state index in [2.05, 4.69) is 5.32 Å². The zero-order valence-corrected chi connectivity index (χ0v) is 14.0. The van der Waals surface area contributed by atoms with Gasteiger partial charge in [0, 0.05) is 16.2 Å². The molecular weight excluding hydrogens is 322 g/mol. The van der Waals surface area contributed by atoms with Crippen LogP contribution in [0.3, 0.4) is 0 Å². The number of rotatable bonds is 9. The Morgan fingerprint density at radius 1 is 1.05 bits per heavy atom. The third-order valence-electron chi connectivity index (χ3n) is 2.77. The molecule has 3 nitrogen and oxygen atoms in total. The van der Waals surface area contributed by atoms with Crippen LogP contribution in [0.4, 0.5) is 0 Å². The van der Waals surface area contributed by atoms with Crippen molar-refractivity contribution in [3.8, 4) is 0 Å². The van der Waals surface area contributed by atoms with Gasteiger partial charge in [-0.1, -0.05) is 12.1 Å². The molecule has 2 rings (SSSR count). The van der Waals surface area contributed by atoms with Gasteiger partial charge in [0.2, 0.25) is 5.91 Å². The molecule has 1 amide bonds. The zero-order chi connectivity index (χ0) is 14.9. The van der Waals surface area contributed by atoms with Crippen LogP contribution in [0.5, 0.6) is 0 Å². The normalized spacial score (nSPS) is 10.5. The average molecular weight is 340 g/mol. The van der Waals surface area contributed by atoms with Crippen molar-refractivity contribution in [3.05, 3.63) is 44.8 Å². The maximum atomic E-state index is 11.7. The largest absolute Gasteiger partial charge is 0.350 e. The van der Waals surface area contributed by atoms with Gasteiger partial charge in [-0.25, -0.2) is 0 Å². The van der Waals surface area contributed by atoms with Gasteiger partial charge < -0.3 is 5.32 Å². The third-order valence-corrected chi connectivity index (χ3v) is 5.57. The van der Waals surface area contributed by atoms with E-state index in [4.69, 9.17) is 0 Å². The predicted molar refractivity (Wildman–Crippen MR) is 91.1 cm³/mol. The molecule has 2 aromatic heterocycles. The third kappa shape index (κ3) is 6.46. The van der Waals surface area contributed by atoms with Crippen molar-refractivity contribution < 1.29 is 9.59 Å². The number of carbonyl (C=O) groups is 2. The minimum absolute atomic E-state index is 0.0144. The summed E-state index contributed by atoms with van der Waals surface area (Å²) in [5.74, 6) is 0.951. The van der Waals surface area contributed by atoms with E-state index in [1.807, 2.05) is 35.0 Å². The summed E-state index contributed by atoms with van der Waals surface area (Å²) in [7, 11) is 0. The van der Waals surface area contributed by atoms with Crippen molar-refractivity contribution >= 4 is 46.1 Å². The predicted octanol–water partition coefficient (Wildman–Crippen LogP) is 3.36. The Morgan fingerprint density at radius 3 is 2.43 bits per heavy atom. The van der Waals surface area contributed by atoms with Crippen LogP contribution >= 0.6 is 34.4 Å². The second-order valence-electron chi connectivity index (χ2n) is 4.47. The fraction of sp³-hybridized carbons (Fsp3) is 0.333. The maximum Gasteiger partial charge on any atom is 0.230 e. The van der Waals surface area contributed by atoms with Crippen LogP contribution in [-0.2, 0) is 22.6 Å². The van der Waals surface area contributed by atoms with Gasteiger partial charge in [0.15, 0.2) is 0 Å². The van der Waals surface area contributed by atoms with Crippen LogP contribution in [0.2, 0.25) is 0 Å². The smallest absolute Gasteiger partial charge is 0.230 e. The summed E-state index contributed by atoms with van der Waals surface area (Å²) in [6.45, 7) is 0.573. The van der Waals surface area contributed by atoms with Gasteiger partial charge in [0.05, 0.1) is 18.1 Å². The molecule has 0 fully saturated rings. The van der Waals surface area contributed by atoms with Gasteiger partial charge in [0.1, 0.15) is 5.78 Å². The number of carbonyl (C=O) groups excluding carboxylic acids is 2. The molecule has 0 saturated heterocycles. The quantitative estimate of drug-likeness (QED) is 0.762. The highest BCUT2D eigenvalue weighted by Gasteiger charge is 2.07. The molecule has 0 bridgehead atoms. The molecular formula is C15H17NO2S3. The molecule has 21 heavy (non-hydrogen) atoms. The Kier molecular flexibility index (Phi) is 6.99. The lowest BCUT2D eigenvalue weighted by Gasteiger charge is -2.03. The number of aryl methyl sites for hydroxylation is 1. The Hall–Kier alpha value is -1.11. The van der Waals surface area contributed by atoms with Gasteiger partial charge in [-0.2, -0.15) is 0 Å². The van der Waals surface area contributed by atoms with Crippen LogP contribution in [0.15, 0.2) is 35.0 Å². The second-order valence-corrected chi connectivity index (χ2v) is 7.52. The molecule has 0 aromatic carbocycles. The molecule has 0 radical (unpaired) electrons. The van der Waals surface area contributed by atoms with Crippen molar-refractivity contribution in [2.24, 2.45) is 0 Å². The monoisotopic (exact) mass is 339 g/mol. The number of thiophene rings is 2. The number of hydrogen-bond donors (Lipinski definition) is 1. The molecule has 0 aliphatic rings. The highest BCUT2D eigenvalue weighted by atomic mass is 32.2. The van der Waals surface area contributed by atoms with Crippen molar-refractivity contribution in [2.75, 3.05) is 11.5 Å². The minimum atomic E-state index is -0.0144. The second kappa shape index (κ2) is 9.02. The lowest BCUT2D eigenvalue weighted by Crippen LogP contribution is -2.24. The van der Waals surface area contributed by atoms with Crippen LogP contribution in [0, 0.1) is 0 Å². The summed E-state index contributed by atoms with van der Waals surface area (Å²) in [5, 5.41) is 6.86. The molecule has 0 aliphatic carbocycles. The van der Waals surface area contributed by atoms with Crippen molar-refractivity contribution in [1.82, 2.24) is 5.32 Å². The summed E-state index contributed by atoms with van der Waals surface area (Å²) in [6, 6.07) is 8.00. The molecule has 0 spiro atoms. The van der Waals surface area contributed by atoms with Crippen LogP contribution in [-0.4, -0.2) is 23.2 Å². The fourth-order valence-corrected chi connectivity index (χ4v) is 3.81. The first-order valence-electron chi connectivity index (χ1n) is 6.65. The Balaban J connectivity index is 1.53. The van der Waals surface area contributed by atoms with Crippen molar-refractivity contribution in [1.29, 1.82) is 0 Å². The van der Waals surface area contributed by atoms with Gasteiger partial charge in [-0.3, -0.25) is 9.59 Å². The van der Waals surface area contributed by atoms with Gasteiger partial charge in [0.25, 0.3) is 0 Å². The molecule has 2 heterocycles. The van der Waals surface area contributed by atoms with Gasteiger partial charge >= 0.3 is 0 Å². The lowest BCUT2D eigenvalue weighted by molar-refractivity contribution is -0.118. The van der Waals surface area contributed by atoms with E-state index in [9.17, 15) is 9.59 Å². The lowest BCUT2D eigenvalue weighted by atomic mass is 10.2. The first-order valence-corrected chi connectivity index (χ1v) is 9.56. The average Bonchev–Trinajstić information content (AvgIpc) is 3.16. The molecule has 0 saturated carbocycles. The molecule has 0 unspecified atom stereocenters. The Morgan fingerprint density at radius 2 is 1.76 bits per heavy atom. The molecule has 1 N–H and O–H groups in total.